The number of pyridine rings is 1. The Morgan fingerprint density at radius 1 is 1.24 bits per heavy atom. The van der Waals surface area contributed by atoms with Crippen molar-refractivity contribution in [2.75, 3.05) is 0 Å². The summed E-state index contributed by atoms with van der Waals surface area (Å²) < 4.78 is 7.01. The maximum Gasteiger partial charge on any atom is 0.121 e. The van der Waals surface area contributed by atoms with Gasteiger partial charge in [-0.05, 0) is 59.8 Å². The fourth-order valence-electron chi connectivity index (χ4n) is 2.39. The first-order valence-electron chi connectivity index (χ1n) is 6.04. The summed E-state index contributed by atoms with van der Waals surface area (Å²) in [5.74, 6) is 0.948. The van der Waals surface area contributed by atoms with Crippen LogP contribution < -0.4 is 4.74 Å². The normalized spacial score (nSPS) is 16.5. The summed E-state index contributed by atoms with van der Waals surface area (Å²) in [6.45, 7) is 0. The van der Waals surface area contributed by atoms with Gasteiger partial charge in [-0.25, -0.2) is 0 Å². The Morgan fingerprint density at radius 2 is 2.06 bits per heavy atom. The van der Waals surface area contributed by atoms with Crippen molar-refractivity contribution in [2.45, 2.75) is 31.8 Å². The minimum atomic E-state index is 0.399. The largest absolute Gasteiger partial charge is 0.490 e. The highest BCUT2D eigenvalue weighted by Gasteiger charge is 2.17. The average Bonchev–Trinajstić information content (AvgIpc) is 2.82. The minimum Gasteiger partial charge on any atom is -0.490 e. The van der Waals surface area contributed by atoms with Crippen LogP contribution in [0.1, 0.15) is 25.7 Å². The third-order valence-electron chi connectivity index (χ3n) is 3.24. The van der Waals surface area contributed by atoms with Crippen molar-refractivity contribution in [3.63, 3.8) is 0 Å². The van der Waals surface area contributed by atoms with Crippen LogP contribution in [-0.2, 0) is 0 Å². The maximum absolute atomic E-state index is 6.01. The maximum atomic E-state index is 6.01. The van der Waals surface area contributed by atoms with Gasteiger partial charge in [0.05, 0.1) is 11.6 Å². The zero-order valence-electron chi connectivity index (χ0n) is 9.53. The highest BCUT2D eigenvalue weighted by Crippen LogP contribution is 2.30. The zero-order valence-corrected chi connectivity index (χ0v) is 11.1. The molecule has 0 spiro atoms. The molecule has 0 bridgehead atoms. The Hall–Kier alpha value is -1.09. The fourth-order valence-corrected chi connectivity index (χ4v) is 2.95. The second-order valence-corrected chi connectivity index (χ2v) is 5.36. The SMILES string of the molecule is Brc1cc(OC2CCCC2)cc2cccnc12. The molecule has 1 saturated carbocycles. The van der Waals surface area contributed by atoms with Gasteiger partial charge in [0.25, 0.3) is 0 Å². The molecule has 1 aliphatic rings. The highest BCUT2D eigenvalue weighted by molar-refractivity contribution is 9.10. The summed E-state index contributed by atoms with van der Waals surface area (Å²) in [6, 6.07) is 8.11. The number of aromatic nitrogens is 1. The van der Waals surface area contributed by atoms with Gasteiger partial charge in [0, 0.05) is 16.1 Å². The van der Waals surface area contributed by atoms with Gasteiger partial charge in [0.1, 0.15) is 5.75 Å². The van der Waals surface area contributed by atoms with Crippen LogP contribution in [0.3, 0.4) is 0 Å². The summed E-state index contributed by atoms with van der Waals surface area (Å²) in [6.07, 6.45) is 7.16. The van der Waals surface area contributed by atoms with E-state index in [-0.39, 0.29) is 0 Å². The van der Waals surface area contributed by atoms with Crippen molar-refractivity contribution in [1.29, 1.82) is 0 Å². The van der Waals surface area contributed by atoms with Gasteiger partial charge in [-0.2, -0.15) is 0 Å². The van der Waals surface area contributed by atoms with E-state index in [4.69, 9.17) is 4.74 Å². The Kier molecular flexibility index (Phi) is 3.02. The molecule has 0 unspecified atom stereocenters. The Balaban J connectivity index is 1.94. The number of rotatable bonds is 2. The summed E-state index contributed by atoms with van der Waals surface area (Å²) in [4.78, 5) is 4.35. The van der Waals surface area contributed by atoms with Gasteiger partial charge >= 0.3 is 0 Å². The Bertz CT molecular complexity index is 535. The molecule has 0 amide bonds. The van der Waals surface area contributed by atoms with E-state index >= 15 is 0 Å². The molecule has 0 radical (unpaired) electrons. The van der Waals surface area contributed by atoms with Crippen molar-refractivity contribution < 1.29 is 4.74 Å². The molecule has 1 aromatic carbocycles. The van der Waals surface area contributed by atoms with E-state index in [2.05, 4.69) is 33.0 Å². The molecule has 2 aromatic rings. The summed E-state index contributed by atoms with van der Waals surface area (Å²) in [5.41, 5.74) is 0.992. The fraction of sp³-hybridized carbons (Fsp3) is 0.357. The number of fused-ring (bicyclic) bond motifs is 1. The third-order valence-corrected chi connectivity index (χ3v) is 3.84. The van der Waals surface area contributed by atoms with Crippen LogP contribution in [0.25, 0.3) is 10.9 Å². The van der Waals surface area contributed by atoms with Crippen LogP contribution in [-0.4, -0.2) is 11.1 Å². The highest BCUT2D eigenvalue weighted by atomic mass is 79.9. The van der Waals surface area contributed by atoms with Crippen molar-refractivity contribution in [2.24, 2.45) is 0 Å². The first-order valence-corrected chi connectivity index (χ1v) is 6.83. The Labute approximate surface area is 109 Å². The topological polar surface area (TPSA) is 22.1 Å². The monoisotopic (exact) mass is 291 g/mol. The molecule has 3 heteroatoms. The molecule has 0 N–H and O–H groups in total. The second kappa shape index (κ2) is 4.65. The van der Waals surface area contributed by atoms with Crippen LogP contribution in [0.2, 0.25) is 0 Å². The van der Waals surface area contributed by atoms with Gasteiger partial charge in [-0.1, -0.05) is 6.07 Å². The van der Waals surface area contributed by atoms with E-state index in [1.165, 1.54) is 25.7 Å². The van der Waals surface area contributed by atoms with Crippen LogP contribution in [0.15, 0.2) is 34.9 Å². The molecule has 1 aliphatic carbocycles. The van der Waals surface area contributed by atoms with Crippen LogP contribution >= 0.6 is 15.9 Å². The third kappa shape index (κ3) is 2.29. The van der Waals surface area contributed by atoms with Gasteiger partial charge < -0.3 is 4.74 Å². The van der Waals surface area contributed by atoms with E-state index in [0.717, 1.165) is 21.1 Å². The van der Waals surface area contributed by atoms with Gasteiger partial charge in [-0.15, -0.1) is 0 Å². The lowest BCUT2D eigenvalue weighted by Crippen LogP contribution is -2.10. The molecule has 1 aromatic heterocycles. The molecule has 88 valence electrons. The number of nitrogens with zero attached hydrogens (tertiary/aromatic N) is 1. The Morgan fingerprint density at radius 3 is 2.88 bits per heavy atom. The van der Waals surface area contributed by atoms with Crippen molar-refractivity contribution in [1.82, 2.24) is 4.98 Å². The summed E-state index contributed by atoms with van der Waals surface area (Å²) in [7, 11) is 0. The predicted molar refractivity (Wildman–Crippen MR) is 72.3 cm³/mol. The summed E-state index contributed by atoms with van der Waals surface area (Å²) >= 11 is 3.55. The van der Waals surface area contributed by atoms with Crippen LogP contribution in [0, 0.1) is 0 Å². The van der Waals surface area contributed by atoms with Gasteiger partial charge in [0.15, 0.2) is 0 Å². The molecular formula is C14H14BrNO. The molecule has 0 atom stereocenters. The molecule has 3 rings (SSSR count). The molecule has 0 aliphatic heterocycles. The first kappa shape index (κ1) is 11.0. The van der Waals surface area contributed by atoms with E-state index in [1.807, 2.05) is 18.3 Å². The smallest absolute Gasteiger partial charge is 0.121 e. The lowest BCUT2D eigenvalue weighted by atomic mass is 10.2. The minimum absolute atomic E-state index is 0.399. The quantitative estimate of drug-likeness (QED) is 0.822. The van der Waals surface area contributed by atoms with E-state index in [1.54, 1.807) is 0 Å². The molecule has 1 heterocycles. The molecular weight excluding hydrogens is 278 g/mol. The van der Waals surface area contributed by atoms with E-state index in [0.29, 0.717) is 6.10 Å². The van der Waals surface area contributed by atoms with E-state index in [9.17, 15) is 0 Å². The molecule has 1 fully saturated rings. The second-order valence-electron chi connectivity index (χ2n) is 4.50. The number of halogens is 1. The van der Waals surface area contributed by atoms with Crippen LogP contribution in [0.5, 0.6) is 5.75 Å². The predicted octanol–water partition coefficient (Wildman–Crippen LogP) is 4.32. The zero-order chi connectivity index (χ0) is 11.7. The van der Waals surface area contributed by atoms with Crippen molar-refractivity contribution in [3.8, 4) is 5.75 Å². The standard InChI is InChI=1S/C14H14BrNO/c15-13-9-12(17-11-5-1-2-6-11)8-10-4-3-7-16-14(10)13/h3-4,7-9,11H,1-2,5-6H2. The summed E-state index contributed by atoms with van der Waals surface area (Å²) in [5, 5.41) is 1.12. The number of ether oxygens (including phenoxy) is 1. The molecule has 2 nitrogen and oxygen atoms in total. The average molecular weight is 292 g/mol. The number of hydrogen-bond donors (Lipinski definition) is 0. The lowest BCUT2D eigenvalue weighted by Gasteiger charge is -2.14. The van der Waals surface area contributed by atoms with E-state index < -0.39 is 0 Å². The van der Waals surface area contributed by atoms with Crippen LogP contribution in [0.4, 0.5) is 0 Å². The first-order chi connectivity index (χ1) is 8.33. The van der Waals surface area contributed by atoms with Gasteiger partial charge in [0.2, 0.25) is 0 Å². The molecule has 0 saturated heterocycles. The molecule has 17 heavy (non-hydrogen) atoms. The lowest BCUT2D eigenvalue weighted by molar-refractivity contribution is 0.210. The number of benzene rings is 1. The number of hydrogen-bond acceptors (Lipinski definition) is 2. The van der Waals surface area contributed by atoms with Crippen molar-refractivity contribution in [3.05, 3.63) is 34.9 Å². The van der Waals surface area contributed by atoms with Gasteiger partial charge in [-0.3, -0.25) is 4.98 Å². The van der Waals surface area contributed by atoms with Crippen molar-refractivity contribution >= 4 is 26.8 Å².